The van der Waals surface area contributed by atoms with Crippen molar-refractivity contribution in [3.63, 3.8) is 0 Å². The van der Waals surface area contributed by atoms with Crippen molar-refractivity contribution in [2.75, 3.05) is 0 Å². The molecule has 2 rings (SSSR count). The van der Waals surface area contributed by atoms with Crippen LogP contribution in [-0.4, -0.2) is 10.1 Å². The van der Waals surface area contributed by atoms with Gasteiger partial charge in [0, 0.05) is 27.7 Å². The number of nitrogens with zero attached hydrogens (tertiary/aromatic N) is 1. The summed E-state index contributed by atoms with van der Waals surface area (Å²) in [4.78, 5) is 5.96. The summed E-state index contributed by atoms with van der Waals surface area (Å²) in [6.07, 6.45) is 4.57. The SMILES string of the molecule is C=Cc1ccc(C(O)c2cccnc2)s1. The maximum atomic E-state index is 10.0. The molecule has 0 aromatic carbocycles. The fourth-order valence-electron chi connectivity index (χ4n) is 1.33. The number of thiophene rings is 1. The average molecular weight is 217 g/mol. The summed E-state index contributed by atoms with van der Waals surface area (Å²) >= 11 is 1.54. The Balaban J connectivity index is 2.28. The second kappa shape index (κ2) is 4.38. The minimum atomic E-state index is -0.586. The van der Waals surface area contributed by atoms with E-state index in [-0.39, 0.29) is 0 Å². The molecule has 76 valence electrons. The molecule has 15 heavy (non-hydrogen) atoms. The molecule has 0 aliphatic heterocycles. The quantitative estimate of drug-likeness (QED) is 0.857. The molecule has 0 saturated heterocycles. The molecule has 1 atom stereocenters. The summed E-state index contributed by atoms with van der Waals surface area (Å²) in [7, 11) is 0. The maximum absolute atomic E-state index is 10.0. The lowest BCUT2D eigenvalue weighted by molar-refractivity contribution is 0.224. The molecule has 3 heteroatoms. The number of pyridine rings is 1. The topological polar surface area (TPSA) is 33.1 Å². The molecule has 1 unspecified atom stereocenters. The van der Waals surface area contributed by atoms with E-state index in [9.17, 15) is 5.11 Å². The first-order valence-corrected chi connectivity index (χ1v) is 5.43. The molecule has 2 nitrogen and oxygen atoms in total. The molecule has 0 amide bonds. The van der Waals surface area contributed by atoms with Gasteiger partial charge in [0.25, 0.3) is 0 Å². The van der Waals surface area contributed by atoms with Crippen LogP contribution in [0.25, 0.3) is 6.08 Å². The van der Waals surface area contributed by atoms with Crippen molar-refractivity contribution in [3.8, 4) is 0 Å². The van der Waals surface area contributed by atoms with E-state index in [1.165, 1.54) is 11.3 Å². The van der Waals surface area contributed by atoms with Crippen LogP contribution in [0.3, 0.4) is 0 Å². The Morgan fingerprint density at radius 3 is 2.87 bits per heavy atom. The zero-order valence-electron chi connectivity index (χ0n) is 8.13. The highest BCUT2D eigenvalue weighted by molar-refractivity contribution is 7.13. The first-order valence-electron chi connectivity index (χ1n) is 4.61. The summed E-state index contributed by atoms with van der Waals surface area (Å²) in [6.45, 7) is 3.69. The minimum Gasteiger partial charge on any atom is -0.383 e. The van der Waals surface area contributed by atoms with Crippen LogP contribution in [0, 0.1) is 0 Å². The predicted octanol–water partition coefficient (Wildman–Crippen LogP) is 2.87. The molecule has 2 aromatic rings. The van der Waals surface area contributed by atoms with Crippen LogP contribution in [0.15, 0.2) is 43.2 Å². The molecule has 1 N–H and O–H groups in total. The normalized spacial score (nSPS) is 12.3. The fraction of sp³-hybridized carbons (Fsp3) is 0.0833. The van der Waals surface area contributed by atoms with E-state index in [0.717, 1.165) is 15.3 Å². The number of hydrogen-bond donors (Lipinski definition) is 1. The molecule has 0 aliphatic carbocycles. The first-order chi connectivity index (χ1) is 7.31. The Labute approximate surface area is 92.5 Å². The van der Waals surface area contributed by atoms with Crippen LogP contribution in [-0.2, 0) is 0 Å². The van der Waals surface area contributed by atoms with Gasteiger partial charge >= 0.3 is 0 Å². The number of aliphatic hydroxyl groups is 1. The maximum Gasteiger partial charge on any atom is 0.115 e. The lowest BCUT2D eigenvalue weighted by Crippen LogP contribution is -1.96. The zero-order chi connectivity index (χ0) is 10.7. The lowest BCUT2D eigenvalue weighted by atomic mass is 10.1. The number of aliphatic hydroxyl groups excluding tert-OH is 1. The van der Waals surface area contributed by atoms with Gasteiger partial charge in [-0.3, -0.25) is 4.98 Å². The number of hydrogen-bond acceptors (Lipinski definition) is 3. The van der Waals surface area contributed by atoms with Gasteiger partial charge in [-0.2, -0.15) is 0 Å². The number of aromatic nitrogens is 1. The molecule has 0 bridgehead atoms. The van der Waals surface area contributed by atoms with Gasteiger partial charge in [0.15, 0.2) is 0 Å². The third-order valence-corrected chi connectivity index (χ3v) is 3.25. The molecule has 0 radical (unpaired) electrons. The highest BCUT2D eigenvalue weighted by Crippen LogP contribution is 2.28. The molecular formula is C12H11NOS. The average Bonchev–Trinajstić information content (AvgIpc) is 2.78. The van der Waals surface area contributed by atoms with E-state index in [2.05, 4.69) is 11.6 Å². The molecule has 0 aliphatic rings. The predicted molar refractivity (Wildman–Crippen MR) is 62.7 cm³/mol. The van der Waals surface area contributed by atoms with Gasteiger partial charge in [-0.15, -0.1) is 11.3 Å². The van der Waals surface area contributed by atoms with Crippen molar-refractivity contribution in [3.05, 3.63) is 58.6 Å². The van der Waals surface area contributed by atoms with Crippen LogP contribution >= 0.6 is 11.3 Å². The van der Waals surface area contributed by atoms with Crippen molar-refractivity contribution in [2.24, 2.45) is 0 Å². The highest BCUT2D eigenvalue weighted by atomic mass is 32.1. The zero-order valence-corrected chi connectivity index (χ0v) is 8.95. The van der Waals surface area contributed by atoms with Crippen molar-refractivity contribution in [2.45, 2.75) is 6.10 Å². The lowest BCUT2D eigenvalue weighted by Gasteiger charge is -2.07. The standard InChI is InChI=1S/C12H11NOS/c1-2-10-5-6-11(15-10)12(14)9-4-3-7-13-8-9/h2-8,12,14H,1H2. The van der Waals surface area contributed by atoms with Gasteiger partial charge < -0.3 is 5.11 Å². The Bertz CT molecular complexity index is 450. The van der Waals surface area contributed by atoms with Crippen LogP contribution in [0.2, 0.25) is 0 Å². The Kier molecular flexibility index (Phi) is 2.94. The summed E-state index contributed by atoms with van der Waals surface area (Å²) in [5.41, 5.74) is 0.815. The molecule has 0 fully saturated rings. The third-order valence-electron chi connectivity index (χ3n) is 2.12. The summed E-state index contributed by atoms with van der Waals surface area (Å²) < 4.78 is 0. The van der Waals surface area contributed by atoms with Crippen LogP contribution in [0.5, 0.6) is 0 Å². The summed E-state index contributed by atoms with van der Waals surface area (Å²) in [6, 6.07) is 7.55. The van der Waals surface area contributed by atoms with E-state index in [1.54, 1.807) is 18.5 Å². The van der Waals surface area contributed by atoms with E-state index in [0.29, 0.717) is 0 Å². The van der Waals surface area contributed by atoms with Gasteiger partial charge in [0.05, 0.1) is 0 Å². The second-order valence-electron chi connectivity index (χ2n) is 3.13. The van der Waals surface area contributed by atoms with Crippen LogP contribution in [0.4, 0.5) is 0 Å². The van der Waals surface area contributed by atoms with Gasteiger partial charge in [-0.05, 0) is 18.2 Å². The molecule has 0 spiro atoms. The van der Waals surface area contributed by atoms with Gasteiger partial charge in [0.2, 0.25) is 0 Å². The van der Waals surface area contributed by atoms with Crippen molar-refractivity contribution >= 4 is 17.4 Å². The molecular weight excluding hydrogens is 206 g/mol. The smallest absolute Gasteiger partial charge is 0.115 e. The van der Waals surface area contributed by atoms with Crippen molar-refractivity contribution < 1.29 is 5.11 Å². The first kappa shape index (κ1) is 10.1. The van der Waals surface area contributed by atoms with Crippen LogP contribution in [0.1, 0.15) is 21.4 Å². The van der Waals surface area contributed by atoms with Crippen LogP contribution < -0.4 is 0 Å². The Hall–Kier alpha value is -1.45. The van der Waals surface area contributed by atoms with E-state index in [1.807, 2.05) is 24.3 Å². The Morgan fingerprint density at radius 2 is 2.27 bits per heavy atom. The Morgan fingerprint density at radius 1 is 1.40 bits per heavy atom. The van der Waals surface area contributed by atoms with Crippen molar-refractivity contribution in [1.29, 1.82) is 0 Å². The van der Waals surface area contributed by atoms with E-state index >= 15 is 0 Å². The summed E-state index contributed by atoms with van der Waals surface area (Å²) in [5, 5.41) is 10.0. The van der Waals surface area contributed by atoms with Crippen molar-refractivity contribution in [1.82, 2.24) is 4.98 Å². The second-order valence-corrected chi connectivity index (χ2v) is 4.28. The molecule has 2 heterocycles. The monoisotopic (exact) mass is 217 g/mol. The molecule has 2 aromatic heterocycles. The van der Waals surface area contributed by atoms with Gasteiger partial charge in [0.1, 0.15) is 6.10 Å². The third kappa shape index (κ3) is 2.14. The van der Waals surface area contributed by atoms with E-state index < -0.39 is 6.10 Å². The minimum absolute atomic E-state index is 0.586. The van der Waals surface area contributed by atoms with Gasteiger partial charge in [-0.1, -0.05) is 18.7 Å². The fourth-order valence-corrected chi connectivity index (χ4v) is 2.20. The van der Waals surface area contributed by atoms with Gasteiger partial charge in [-0.25, -0.2) is 0 Å². The highest BCUT2D eigenvalue weighted by Gasteiger charge is 2.11. The number of rotatable bonds is 3. The largest absolute Gasteiger partial charge is 0.383 e. The summed E-state index contributed by atoms with van der Waals surface area (Å²) in [5.74, 6) is 0. The van der Waals surface area contributed by atoms with E-state index in [4.69, 9.17) is 0 Å². The molecule has 0 saturated carbocycles.